The summed E-state index contributed by atoms with van der Waals surface area (Å²) < 4.78 is 0. The summed E-state index contributed by atoms with van der Waals surface area (Å²) in [7, 11) is 0. The zero-order valence-electron chi connectivity index (χ0n) is 7.68. The molecule has 0 spiro atoms. The van der Waals surface area contributed by atoms with E-state index < -0.39 is 5.97 Å². The largest absolute Gasteiger partial charge is 0.478 e. The monoisotopic (exact) mass is 192 g/mol. The minimum Gasteiger partial charge on any atom is -0.478 e. The van der Waals surface area contributed by atoms with Gasteiger partial charge in [0.2, 0.25) is 0 Å². The second-order valence-corrected chi connectivity index (χ2v) is 3.60. The SMILES string of the molecule is N[C@@H](c1ncccc1C(=O)O)C1CC1. The molecule has 1 atom stereocenters. The van der Waals surface area contributed by atoms with E-state index in [4.69, 9.17) is 10.8 Å². The Bertz CT molecular complexity index is 361. The van der Waals surface area contributed by atoms with E-state index in [-0.39, 0.29) is 11.6 Å². The highest BCUT2D eigenvalue weighted by molar-refractivity contribution is 5.88. The van der Waals surface area contributed by atoms with Crippen LogP contribution >= 0.6 is 0 Å². The molecule has 4 heteroatoms. The van der Waals surface area contributed by atoms with Crippen molar-refractivity contribution in [1.82, 2.24) is 4.98 Å². The fourth-order valence-electron chi connectivity index (χ4n) is 1.54. The van der Waals surface area contributed by atoms with Crippen LogP contribution < -0.4 is 5.73 Å². The first kappa shape index (κ1) is 9.15. The lowest BCUT2D eigenvalue weighted by molar-refractivity contribution is 0.0694. The molecule has 0 unspecified atom stereocenters. The molecule has 1 aliphatic carbocycles. The van der Waals surface area contributed by atoms with E-state index in [2.05, 4.69) is 4.98 Å². The minimum absolute atomic E-state index is 0.220. The van der Waals surface area contributed by atoms with E-state index in [0.717, 1.165) is 12.8 Å². The maximum atomic E-state index is 10.9. The lowest BCUT2D eigenvalue weighted by Gasteiger charge is -2.11. The second kappa shape index (κ2) is 3.38. The molecule has 0 aliphatic heterocycles. The van der Waals surface area contributed by atoms with Crippen molar-refractivity contribution in [2.45, 2.75) is 18.9 Å². The van der Waals surface area contributed by atoms with Crippen LogP contribution in [0.15, 0.2) is 18.3 Å². The lowest BCUT2D eigenvalue weighted by atomic mass is 10.0. The molecule has 0 saturated heterocycles. The van der Waals surface area contributed by atoms with E-state index in [1.165, 1.54) is 0 Å². The number of carboxylic acids is 1. The Morgan fingerprint density at radius 3 is 2.93 bits per heavy atom. The first-order valence-corrected chi connectivity index (χ1v) is 4.64. The van der Waals surface area contributed by atoms with Crippen molar-refractivity contribution in [3.8, 4) is 0 Å². The van der Waals surface area contributed by atoms with Gasteiger partial charge in [-0.05, 0) is 30.9 Å². The van der Waals surface area contributed by atoms with Gasteiger partial charge in [0.05, 0.1) is 17.3 Å². The average molecular weight is 192 g/mol. The Morgan fingerprint density at radius 1 is 1.64 bits per heavy atom. The Hall–Kier alpha value is -1.42. The summed E-state index contributed by atoms with van der Waals surface area (Å²) in [5.41, 5.74) is 6.66. The highest BCUT2D eigenvalue weighted by Crippen LogP contribution is 2.39. The summed E-state index contributed by atoms with van der Waals surface area (Å²) in [5, 5.41) is 8.92. The molecule has 0 aromatic carbocycles. The van der Waals surface area contributed by atoms with Gasteiger partial charge in [-0.1, -0.05) is 0 Å². The topological polar surface area (TPSA) is 76.2 Å². The summed E-state index contributed by atoms with van der Waals surface area (Å²) in [6.07, 6.45) is 3.75. The van der Waals surface area contributed by atoms with Gasteiger partial charge < -0.3 is 10.8 Å². The lowest BCUT2D eigenvalue weighted by Crippen LogP contribution is -2.18. The molecule has 4 nitrogen and oxygen atoms in total. The number of nitrogens with two attached hydrogens (primary N) is 1. The molecule has 74 valence electrons. The third kappa shape index (κ3) is 1.61. The number of aromatic carboxylic acids is 1. The molecule has 1 aromatic rings. The molecular formula is C10H12N2O2. The summed E-state index contributed by atoms with van der Waals surface area (Å²) in [5.74, 6) is -0.535. The van der Waals surface area contributed by atoms with Crippen LogP contribution in [0, 0.1) is 5.92 Å². The van der Waals surface area contributed by atoms with Crippen LogP contribution in [0.1, 0.15) is 34.9 Å². The van der Waals surface area contributed by atoms with E-state index >= 15 is 0 Å². The zero-order valence-corrected chi connectivity index (χ0v) is 7.68. The Morgan fingerprint density at radius 2 is 2.36 bits per heavy atom. The van der Waals surface area contributed by atoms with Gasteiger partial charge in [0.25, 0.3) is 0 Å². The van der Waals surface area contributed by atoms with Crippen LogP contribution in [-0.2, 0) is 0 Å². The molecule has 1 aromatic heterocycles. The number of nitrogens with zero attached hydrogens (tertiary/aromatic N) is 1. The normalized spacial score (nSPS) is 17.8. The molecule has 2 rings (SSSR count). The predicted molar refractivity (Wildman–Crippen MR) is 50.8 cm³/mol. The van der Waals surface area contributed by atoms with Gasteiger partial charge in [-0.2, -0.15) is 0 Å². The predicted octanol–water partition coefficient (Wildman–Crippen LogP) is 1.19. The Balaban J connectivity index is 2.34. The summed E-state index contributed by atoms with van der Waals surface area (Å²) in [4.78, 5) is 14.9. The fourth-order valence-corrected chi connectivity index (χ4v) is 1.54. The van der Waals surface area contributed by atoms with Crippen molar-refractivity contribution in [2.24, 2.45) is 11.7 Å². The number of pyridine rings is 1. The molecule has 0 bridgehead atoms. The van der Waals surface area contributed by atoms with Gasteiger partial charge >= 0.3 is 5.97 Å². The number of rotatable bonds is 3. The molecule has 0 amide bonds. The van der Waals surface area contributed by atoms with Crippen LogP contribution in [0.25, 0.3) is 0 Å². The average Bonchev–Trinajstić information content (AvgIpc) is 3.00. The van der Waals surface area contributed by atoms with E-state index in [0.29, 0.717) is 11.6 Å². The maximum Gasteiger partial charge on any atom is 0.337 e. The van der Waals surface area contributed by atoms with Gasteiger partial charge in [0.15, 0.2) is 0 Å². The molecule has 14 heavy (non-hydrogen) atoms. The van der Waals surface area contributed by atoms with Crippen LogP contribution in [0.2, 0.25) is 0 Å². The third-order valence-corrected chi connectivity index (χ3v) is 2.51. The minimum atomic E-state index is -0.954. The van der Waals surface area contributed by atoms with Gasteiger partial charge in [-0.25, -0.2) is 4.79 Å². The van der Waals surface area contributed by atoms with Crippen molar-refractivity contribution in [3.05, 3.63) is 29.6 Å². The highest BCUT2D eigenvalue weighted by Gasteiger charge is 2.32. The number of carboxylic acid groups (broad SMARTS) is 1. The molecule has 1 fully saturated rings. The van der Waals surface area contributed by atoms with Gasteiger partial charge in [0, 0.05) is 6.20 Å². The fraction of sp³-hybridized carbons (Fsp3) is 0.400. The maximum absolute atomic E-state index is 10.9. The Kier molecular flexibility index (Phi) is 2.21. The second-order valence-electron chi connectivity index (χ2n) is 3.60. The highest BCUT2D eigenvalue weighted by atomic mass is 16.4. The molecule has 1 heterocycles. The molecule has 3 N–H and O–H groups in total. The van der Waals surface area contributed by atoms with Crippen LogP contribution in [0.3, 0.4) is 0 Å². The van der Waals surface area contributed by atoms with Crippen LogP contribution in [0.4, 0.5) is 0 Å². The summed E-state index contributed by atoms with van der Waals surface area (Å²) in [6.45, 7) is 0. The number of carbonyl (C=O) groups is 1. The Labute approximate surface area is 81.8 Å². The van der Waals surface area contributed by atoms with E-state index in [1.54, 1.807) is 18.3 Å². The van der Waals surface area contributed by atoms with Crippen molar-refractivity contribution < 1.29 is 9.90 Å². The first-order valence-electron chi connectivity index (χ1n) is 4.64. The molecule has 1 aliphatic rings. The van der Waals surface area contributed by atoms with Gasteiger partial charge in [-0.15, -0.1) is 0 Å². The smallest absolute Gasteiger partial charge is 0.337 e. The molecule has 0 radical (unpaired) electrons. The van der Waals surface area contributed by atoms with E-state index in [1.807, 2.05) is 0 Å². The van der Waals surface area contributed by atoms with Crippen molar-refractivity contribution >= 4 is 5.97 Å². The quantitative estimate of drug-likeness (QED) is 0.754. The third-order valence-electron chi connectivity index (χ3n) is 2.51. The van der Waals surface area contributed by atoms with E-state index in [9.17, 15) is 4.79 Å². The molecular weight excluding hydrogens is 180 g/mol. The van der Waals surface area contributed by atoms with Crippen LogP contribution in [-0.4, -0.2) is 16.1 Å². The zero-order chi connectivity index (χ0) is 10.1. The van der Waals surface area contributed by atoms with Crippen molar-refractivity contribution in [1.29, 1.82) is 0 Å². The standard InChI is InChI=1S/C10H12N2O2/c11-8(6-3-4-6)9-7(10(13)14)2-1-5-12-9/h1-2,5-6,8H,3-4,11H2,(H,13,14)/t8-/m1/s1. The first-order chi connectivity index (χ1) is 6.70. The summed E-state index contributed by atoms with van der Waals surface area (Å²) >= 11 is 0. The van der Waals surface area contributed by atoms with Crippen molar-refractivity contribution in [2.75, 3.05) is 0 Å². The number of aromatic nitrogens is 1. The van der Waals surface area contributed by atoms with Crippen LogP contribution in [0.5, 0.6) is 0 Å². The summed E-state index contributed by atoms with van der Waals surface area (Å²) in [6, 6.07) is 2.95. The van der Waals surface area contributed by atoms with Gasteiger partial charge in [0.1, 0.15) is 0 Å². The van der Waals surface area contributed by atoms with Crippen molar-refractivity contribution in [3.63, 3.8) is 0 Å². The molecule has 1 saturated carbocycles. The van der Waals surface area contributed by atoms with Gasteiger partial charge in [-0.3, -0.25) is 4.98 Å². The number of hydrogen-bond donors (Lipinski definition) is 2. The number of hydrogen-bond acceptors (Lipinski definition) is 3.